The fourth-order valence-corrected chi connectivity index (χ4v) is 9.53. The van der Waals surface area contributed by atoms with E-state index >= 15 is 0 Å². The molecule has 8 aromatic carbocycles. The summed E-state index contributed by atoms with van der Waals surface area (Å²) >= 11 is 0. The molecule has 0 saturated carbocycles. The first-order chi connectivity index (χ1) is 27.3. The number of rotatable bonds is 5. The maximum Gasteiger partial charge on any atom is 0.227 e. The molecule has 3 heteroatoms. The smallest absolute Gasteiger partial charge is 0.227 e. The van der Waals surface area contributed by atoms with E-state index in [-0.39, 0.29) is 10.8 Å². The normalized spacial score (nSPS) is 14.4. The molecule has 0 N–H and O–H groups in total. The van der Waals surface area contributed by atoms with Gasteiger partial charge in [0.05, 0.1) is 0 Å². The summed E-state index contributed by atoms with van der Waals surface area (Å²) < 4.78 is 6.34. The van der Waals surface area contributed by atoms with Crippen LogP contribution in [0.1, 0.15) is 49.9 Å². The van der Waals surface area contributed by atoms with Crippen molar-refractivity contribution in [3.05, 3.63) is 192 Å². The highest BCUT2D eigenvalue weighted by atomic mass is 16.3. The van der Waals surface area contributed by atoms with E-state index in [0.29, 0.717) is 5.89 Å². The van der Waals surface area contributed by atoms with E-state index in [9.17, 15) is 0 Å². The third-order valence-corrected chi connectivity index (χ3v) is 12.5. The van der Waals surface area contributed by atoms with Crippen molar-refractivity contribution in [1.82, 2.24) is 4.98 Å². The number of nitrogens with zero attached hydrogens (tertiary/aromatic N) is 2. The van der Waals surface area contributed by atoms with Crippen LogP contribution in [0.2, 0.25) is 0 Å². The Hall–Kier alpha value is -6.71. The molecule has 2 aliphatic rings. The van der Waals surface area contributed by atoms with Gasteiger partial charge >= 0.3 is 0 Å². The summed E-state index contributed by atoms with van der Waals surface area (Å²) in [4.78, 5) is 7.23. The van der Waals surface area contributed by atoms with Crippen LogP contribution in [0.4, 0.5) is 17.1 Å². The first-order valence-corrected chi connectivity index (χ1v) is 19.5. The molecule has 0 radical (unpaired) electrons. The van der Waals surface area contributed by atoms with Gasteiger partial charge in [0.25, 0.3) is 0 Å². The van der Waals surface area contributed by atoms with Crippen molar-refractivity contribution in [2.75, 3.05) is 4.90 Å². The number of hydrogen-bond donors (Lipinski definition) is 0. The molecule has 0 amide bonds. The molecule has 0 atom stereocenters. The monoisotopic (exact) mass is 720 g/mol. The van der Waals surface area contributed by atoms with Crippen LogP contribution in [-0.2, 0) is 10.8 Å². The zero-order chi connectivity index (χ0) is 37.8. The highest BCUT2D eigenvalue weighted by Gasteiger charge is 2.37. The van der Waals surface area contributed by atoms with Crippen LogP contribution in [0, 0.1) is 0 Å². The van der Waals surface area contributed by atoms with Crippen molar-refractivity contribution in [2.45, 2.75) is 38.5 Å². The summed E-state index contributed by atoms with van der Waals surface area (Å²) in [6.07, 6.45) is 0. The quantitative estimate of drug-likeness (QED) is 0.177. The van der Waals surface area contributed by atoms with Gasteiger partial charge in [-0.1, -0.05) is 131 Å². The van der Waals surface area contributed by atoms with E-state index in [4.69, 9.17) is 9.40 Å². The minimum atomic E-state index is -0.102. The van der Waals surface area contributed by atoms with Crippen molar-refractivity contribution < 1.29 is 4.42 Å². The Kier molecular flexibility index (Phi) is 6.94. The van der Waals surface area contributed by atoms with Crippen molar-refractivity contribution in [3.8, 4) is 44.8 Å². The van der Waals surface area contributed by atoms with Gasteiger partial charge in [-0.05, 0) is 128 Å². The van der Waals surface area contributed by atoms with Crippen molar-refractivity contribution >= 4 is 38.9 Å². The van der Waals surface area contributed by atoms with Crippen LogP contribution in [0.5, 0.6) is 0 Å². The molecule has 11 rings (SSSR count). The Labute approximate surface area is 327 Å². The van der Waals surface area contributed by atoms with E-state index in [1.807, 2.05) is 30.3 Å². The summed E-state index contributed by atoms with van der Waals surface area (Å²) in [5.41, 5.74) is 19.0. The largest absolute Gasteiger partial charge is 0.435 e. The lowest BCUT2D eigenvalue weighted by Crippen LogP contribution is -2.17. The van der Waals surface area contributed by atoms with Crippen LogP contribution < -0.4 is 4.90 Å². The van der Waals surface area contributed by atoms with E-state index in [0.717, 1.165) is 55.6 Å². The van der Waals surface area contributed by atoms with Gasteiger partial charge < -0.3 is 9.32 Å². The Morgan fingerprint density at radius 1 is 0.429 bits per heavy atom. The molecule has 268 valence electrons. The number of aromatic nitrogens is 1. The molecule has 0 aliphatic heterocycles. The maximum atomic E-state index is 6.34. The number of benzene rings is 8. The minimum Gasteiger partial charge on any atom is -0.435 e. The molecule has 1 heterocycles. The van der Waals surface area contributed by atoms with Gasteiger partial charge in [-0.2, -0.15) is 0 Å². The van der Waals surface area contributed by atoms with Crippen LogP contribution >= 0.6 is 0 Å². The summed E-state index contributed by atoms with van der Waals surface area (Å²) in [5, 5.41) is 2.19. The lowest BCUT2D eigenvalue weighted by molar-refractivity contribution is 0.623. The summed E-state index contributed by atoms with van der Waals surface area (Å²) in [5.74, 6) is 0.644. The maximum absolute atomic E-state index is 6.34. The molecule has 0 bridgehead atoms. The summed E-state index contributed by atoms with van der Waals surface area (Å²) in [6, 6.07) is 61.8. The fraction of sp³-hybridized carbons (Fsp3) is 0.113. The predicted molar refractivity (Wildman–Crippen MR) is 232 cm³/mol. The lowest BCUT2D eigenvalue weighted by atomic mass is 9.82. The Balaban J connectivity index is 1.01. The van der Waals surface area contributed by atoms with Gasteiger partial charge in [0.1, 0.15) is 5.52 Å². The van der Waals surface area contributed by atoms with Crippen LogP contribution in [0.25, 0.3) is 66.7 Å². The molecule has 56 heavy (non-hydrogen) atoms. The van der Waals surface area contributed by atoms with Gasteiger partial charge in [0.2, 0.25) is 5.89 Å². The van der Waals surface area contributed by atoms with E-state index in [2.05, 4.69) is 172 Å². The van der Waals surface area contributed by atoms with Crippen molar-refractivity contribution in [3.63, 3.8) is 0 Å². The molecule has 0 unspecified atom stereocenters. The fourth-order valence-electron chi connectivity index (χ4n) is 9.53. The number of hydrogen-bond acceptors (Lipinski definition) is 3. The van der Waals surface area contributed by atoms with Crippen LogP contribution in [0.3, 0.4) is 0 Å². The van der Waals surface area contributed by atoms with Gasteiger partial charge in [-0.3, -0.25) is 0 Å². The van der Waals surface area contributed by atoms with Gasteiger partial charge in [-0.15, -0.1) is 0 Å². The number of anilines is 3. The zero-order valence-corrected chi connectivity index (χ0v) is 32.0. The third kappa shape index (κ3) is 4.80. The highest BCUT2D eigenvalue weighted by Crippen LogP contribution is 2.53. The second-order valence-corrected chi connectivity index (χ2v) is 16.4. The first kappa shape index (κ1) is 32.7. The van der Waals surface area contributed by atoms with Gasteiger partial charge in [0.15, 0.2) is 5.58 Å². The van der Waals surface area contributed by atoms with Gasteiger partial charge in [0, 0.05) is 38.8 Å². The molecule has 0 fully saturated rings. The Bertz CT molecular complexity index is 3020. The molecule has 3 nitrogen and oxygen atoms in total. The molecule has 9 aromatic rings. The second kappa shape index (κ2) is 11.9. The van der Waals surface area contributed by atoms with Crippen molar-refractivity contribution in [2.24, 2.45) is 0 Å². The SMILES string of the molecule is CC1(C)c2ccccc2-c2cc(N(c3ccc(-c4ccc5c(ccc6nc(-c7ccccc7)oc65)c4)cc3)c3ccc4c(c3)C(C)(C)c3ccccc3-4)ccc21. The summed E-state index contributed by atoms with van der Waals surface area (Å²) in [6.45, 7) is 9.40. The minimum absolute atomic E-state index is 0.0520. The standard InChI is InChI=1S/C53H40N2O/c1-52(2)46-17-11-9-15-42(46)44-31-38(25-28-47(44)52)55(39-24-27-43-41-14-8-10-16-45(41)53(3,4)48(43)32-39)37-22-18-33(19-23-37)35-20-26-40-36(30-35)21-29-49-50(40)56-51(54-49)34-12-6-5-7-13-34/h5-32H,1-4H3. The molecule has 0 spiro atoms. The topological polar surface area (TPSA) is 29.3 Å². The van der Waals surface area contributed by atoms with E-state index < -0.39 is 0 Å². The Morgan fingerprint density at radius 3 is 1.79 bits per heavy atom. The average molecular weight is 721 g/mol. The Morgan fingerprint density at radius 2 is 1.02 bits per heavy atom. The molecule has 0 saturated heterocycles. The molecule has 2 aliphatic carbocycles. The highest BCUT2D eigenvalue weighted by molar-refractivity contribution is 6.05. The lowest BCUT2D eigenvalue weighted by Gasteiger charge is -2.29. The van der Waals surface area contributed by atoms with Crippen LogP contribution in [0.15, 0.2) is 174 Å². The average Bonchev–Trinajstić information content (AvgIpc) is 3.85. The second-order valence-electron chi connectivity index (χ2n) is 16.4. The third-order valence-electron chi connectivity index (χ3n) is 12.5. The zero-order valence-electron chi connectivity index (χ0n) is 32.0. The van der Waals surface area contributed by atoms with E-state index in [1.54, 1.807) is 0 Å². The van der Waals surface area contributed by atoms with E-state index in [1.165, 1.54) is 44.5 Å². The predicted octanol–water partition coefficient (Wildman–Crippen LogP) is 14.4. The van der Waals surface area contributed by atoms with Gasteiger partial charge in [-0.25, -0.2) is 4.98 Å². The first-order valence-electron chi connectivity index (χ1n) is 19.5. The molecular formula is C53H40N2O. The summed E-state index contributed by atoms with van der Waals surface area (Å²) in [7, 11) is 0. The molecular weight excluding hydrogens is 681 g/mol. The van der Waals surface area contributed by atoms with Crippen LogP contribution in [-0.4, -0.2) is 4.98 Å². The van der Waals surface area contributed by atoms with Crippen molar-refractivity contribution in [1.29, 1.82) is 0 Å². The number of fused-ring (bicyclic) bond motifs is 9. The molecule has 1 aromatic heterocycles. The number of oxazole rings is 1.